The molecular weight excluding hydrogens is 249 g/mol. The molecule has 1 aromatic rings. The standard InChI is InChI=1S/C16H21F3/c1-9(2)5-6-12(17)14-10-8-16(3,4)11(10)7-13(18)15(14)19/h7,9,12H,5-6,8H2,1-4H3. The molecule has 0 radical (unpaired) electrons. The fourth-order valence-electron chi connectivity index (χ4n) is 2.86. The summed E-state index contributed by atoms with van der Waals surface area (Å²) in [4.78, 5) is 0. The molecule has 1 aliphatic carbocycles. The maximum Gasteiger partial charge on any atom is 0.165 e. The number of halogens is 3. The van der Waals surface area contributed by atoms with Gasteiger partial charge in [0.2, 0.25) is 0 Å². The van der Waals surface area contributed by atoms with Gasteiger partial charge in [0.25, 0.3) is 0 Å². The Bertz CT molecular complexity index is 489. The summed E-state index contributed by atoms with van der Waals surface area (Å²) in [5, 5.41) is 0. The molecule has 19 heavy (non-hydrogen) atoms. The number of benzene rings is 1. The Morgan fingerprint density at radius 3 is 2.37 bits per heavy atom. The molecule has 1 aliphatic rings. The van der Waals surface area contributed by atoms with E-state index in [0.29, 0.717) is 24.3 Å². The van der Waals surface area contributed by atoms with Crippen molar-refractivity contribution >= 4 is 0 Å². The molecule has 0 spiro atoms. The normalized spacial score (nSPS) is 18.1. The molecule has 3 heteroatoms. The van der Waals surface area contributed by atoms with Gasteiger partial charge in [0.15, 0.2) is 11.6 Å². The second-order valence-corrected chi connectivity index (χ2v) is 6.61. The molecule has 0 aliphatic heterocycles. The molecule has 0 saturated heterocycles. The zero-order valence-corrected chi connectivity index (χ0v) is 12.0. The highest BCUT2D eigenvalue weighted by molar-refractivity contribution is 5.50. The van der Waals surface area contributed by atoms with Crippen molar-refractivity contribution in [1.82, 2.24) is 0 Å². The third kappa shape index (κ3) is 2.52. The van der Waals surface area contributed by atoms with Crippen LogP contribution in [0.5, 0.6) is 0 Å². The van der Waals surface area contributed by atoms with Gasteiger partial charge in [0.1, 0.15) is 6.17 Å². The van der Waals surface area contributed by atoms with Crippen LogP contribution in [0.3, 0.4) is 0 Å². The van der Waals surface area contributed by atoms with Crippen LogP contribution in [0, 0.1) is 17.6 Å². The van der Waals surface area contributed by atoms with Gasteiger partial charge in [-0.15, -0.1) is 0 Å². The number of fused-ring (bicyclic) bond motifs is 1. The molecule has 106 valence electrons. The topological polar surface area (TPSA) is 0 Å². The molecule has 0 saturated carbocycles. The molecule has 0 bridgehead atoms. The van der Waals surface area contributed by atoms with Crippen molar-refractivity contribution in [2.45, 2.75) is 58.5 Å². The van der Waals surface area contributed by atoms with E-state index in [1.54, 1.807) is 0 Å². The molecule has 0 heterocycles. The molecule has 1 atom stereocenters. The SMILES string of the molecule is CC(C)CCC(F)c1c(F)c(F)cc2c1CC2(C)C. The van der Waals surface area contributed by atoms with Gasteiger partial charge in [-0.3, -0.25) is 0 Å². The van der Waals surface area contributed by atoms with Crippen LogP contribution < -0.4 is 0 Å². The van der Waals surface area contributed by atoms with Crippen LogP contribution >= 0.6 is 0 Å². The Labute approximate surface area is 113 Å². The van der Waals surface area contributed by atoms with E-state index in [1.807, 2.05) is 27.7 Å². The van der Waals surface area contributed by atoms with Gasteiger partial charge in [0.05, 0.1) is 0 Å². The van der Waals surface area contributed by atoms with Crippen LogP contribution in [-0.2, 0) is 11.8 Å². The van der Waals surface area contributed by atoms with E-state index < -0.39 is 17.8 Å². The maximum atomic E-state index is 14.3. The zero-order valence-electron chi connectivity index (χ0n) is 12.0. The summed E-state index contributed by atoms with van der Waals surface area (Å²) < 4.78 is 41.8. The van der Waals surface area contributed by atoms with Gasteiger partial charge in [-0.05, 0) is 47.8 Å². The van der Waals surface area contributed by atoms with E-state index in [9.17, 15) is 13.2 Å². The highest BCUT2D eigenvalue weighted by Gasteiger charge is 2.39. The Morgan fingerprint density at radius 2 is 1.84 bits per heavy atom. The highest BCUT2D eigenvalue weighted by atomic mass is 19.2. The number of hydrogen-bond acceptors (Lipinski definition) is 0. The van der Waals surface area contributed by atoms with E-state index in [1.165, 1.54) is 6.07 Å². The molecule has 0 amide bonds. The number of hydrogen-bond donors (Lipinski definition) is 0. The first kappa shape index (κ1) is 14.4. The number of rotatable bonds is 4. The zero-order chi connectivity index (χ0) is 14.4. The van der Waals surface area contributed by atoms with Crippen molar-refractivity contribution < 1.29 is 13.2 Å². The van der Waals surface area contributed by atoms with Gasteiger partial charge in [0, 0.05) is 5.56 Å². The first-order valence-corrected chi connectivity index (χ1v) is 6.89. The first-order chi connectivity index (χ1) is 8.74. The van der Waals surface area contributed by atoms with Crippen LogP contribution in [0.4, 0.5) is 13.2 Å². The van der Waals surface area contributed by atoms with E-state index in [-0.39, 0.29) is 17.4 Å². The van der Waals surface area contributed by atoms with Gasteiger partial charge in [-0.2, -0.15) is 0 Å². The highest BCUT2D eigenvalue weighted by Crippen LogP contribution is 2.46. The predicted molar refractivity (Wildman–Crippen MR) is 71.0 cm³/mol. The fourth-order valence-corrected chi connectivity index (χ4v) is 2.86. The van der Waals surface area contributed by atoms with Crippen LogP contribution in [-0.4, -0.2) is 0 Å². The maximum absolute atomic E-state index is 14.3. The lowest BCUT2D eigenvalue weighted by Crippen LogP contribution is -2.35. The van der Waals surface area contributed by atoms with Crippen molar-refractivity contribution in [2.24, 2.45) is 5.92 Å². The minimum atomic E-state index is -1.40. The average Bonchev–Trinajstić information content (AvgIpc) is 2.30. The molecule has 0 fully saturated rings. The summed E-state index contributed by atoms with van der Waals surface area (Å²) in [5.74, 6) is -1.56. The van der Waals surface area contributed by atoms with E-state index in [2.05, 4.69) is 0 Å². The van der Waals surface area contributed by atoms with Crippen LogP contribution in [0.1, 0.15) is 63.4 Å². The predicted octanol–water partition coefficient (Wildman–Crippen LogP) is 5.25. The van der Waals surface area contributed by atoms with Gasteiger partial charge < -0.3 is 0 Å². The summed E-state index contributed by atoms with van der Waals surface area (Å²) in [6.07, 6.45) is 0.153. The first-order valence-electron chi connectivity index (χ1n) is 6.89. The third-order valence-electron chi connectivity index (χ3n) is 4.03. The summed E-state index contributed by atoms with van der Waals surface area (Å²) in [7, 11) is 0. The minimum Gasteiger partial charge on any atom is -0.242 e. The summed E-state index contributed by atoms with van der Waals surface area (Å²) >= 11 is 0. The Balaban J connectivity index is 2.35. The second-order valence-electron chi connectivity index (χ2n) is 6.61. The van der Waals surface area contributed by atoms with Crippen molar-refractivity contribution in [1.29, 1.82) is 0 Å². The molecular formula is C16H21F3. The smallest absolute Gasteiger partial charge is 0.165 e. The summed E-state index contributed by atoms with van der Waals surface area (Å²) in [5.41, 5.74) is 1.24. The molecule has 0 aromatic heterocycles. The van der Waals surface area contributed by atoms with Gasteiger partial charge in [-0.1, -0.05) is 27.7 Å². The van der Waals surface area contributed by atoms with Gasteiger partial charge in [-0.25, -0.2) is 13.2 Å². The van der Waals surface area contributed by atoms with E-state index in [0.717, 1.165) is 5.56 Å². The van der Waals surface area contributed by atoms with Crippen molar-refractivity contribution in [3.8, 4) is 0 Å². The lowest BCUT2D eigenvalue weighted by Gasteiger charge is -2.40. The van der Waals surface area contributed by atoms with E-state index >= 15 is 0 Å². The Kier molecular flexibility index (Phi) is 3.67. The van der Waals surface area contributed by atoms with Crippen molar-refractivity contribution in [3.63, 3.8) is 0 Å². The molecule has 0 N–H and O–H groups in total. The minimum absolute atomic E-state index is 0.0324. The van der Waals surface area contributed by atoms with Crippen molar-refractivity contribution in [2.75, 3.05) is 0 Å². The monoisotopic (exact) mass is 270 g/mol. The van der Waals surface area contributed by atoms with Crippen LogP contribution in [0.25, 0.3) is 0 Å². The molecule has 2 rings (SSSR count). The Morgan fingerprint density at radius 1 is 1.21 bits per heavy atom. The third-order valence-corrected chi connectivity index (χ3v) is 4.03. The largest absolute Gasteiger partial charge is 0.242 e. The van der Waals surface area contributed by atoms with Crippen molar-refractivity contribution in [3.05, 3.63) is 34.4 Å². The molecule has 1 unspecified atom stereocenters. The second kappa shape index (κ2) is 4.84. The summed E-state index contributed by atoms with van der Waals surface area (Å²) in [6.45, 7) is 7.93. The van der Waals surface area contributed by atoms with Crippen LogP contribution in [0.15, 0.2) is 6.07 Å². The number of alkyl halides is 1. The lowest BCUT2D eigenvalue weighted by atomic mass is 9.64. The van der Waals surface area contributed by atoms with E-state index in [4.69, 9.17) is 0 Å². The Hall–Kier alpha value is -0.990. The molecule has 1 aromatic carbocycles. The summed E-state index contributed by atoms with van der Waals surface area (Å²) in [6, 6.07) is 1.23. The lowest BCUT2D eigenvalue weighted by molar-refractivity contribution is 0.281. The fraction of sp³-hybridized carbons (Fsp3) is 0.625. The molecule has 0 nitrogen and oxygen atoms in total. The quantitative estimate of drug-likeness (QED) is 0.701. The van der Waals surface area contributed by atoms with Gasteiger partial charge >= 0.3 is 0 Å². The van der Waals surface area contributed by atoms with Crippen LogP contribution in [0.2, 0.25) is 0 Å². The average molecular weight is 270 g/mol.